The van der Waals surface area contributed by atoms with E-state index in [0.29, 0.717) is 5.16 Å². The minimum absolute atomic E-state index is 0.0254. The van der Waals surface area contributed by atoms with Gasteiger partial charge in [-0.1, -0.05) is 47.7 Å². The summed E-state index contributed by atoms with van der Waals surface area (Å²) >= 11 is 1.37. The van der Waals surface area contributed by atoms with Crippen LogP contribution in [0.2, 0.25) is 0 Å². The zero-order valence-electron chi connectivity index (χ0n) is 16.0. The number of carbonyl (C=O) groups is 1. The smallest absolute Gasteiger partial charge is 0.230 e. The molecule has 0 unspecified atom stereocenters. The highest BCUT2D eigenvalue weighted by Gasteiger charge is 2.17. The van der Waals surface area contributed by atoms with E-state index in [0.717, 1.165) is 33.5 Å². The van der Waals surface area contributed by atoms with Crippen molar-refractivity contribution in [3.63, 3.8) is 0 Å². The fraction of sp³-hybridized carbons (Fsp3) is 0.238. The Morgan fingerprint density at radius 3 is 2.75 bits per heavy atom. The molecule has 0 fully saturated rings. The lowest BCUT2D eigenvalue weighted by atomic mass is 10.1. The van der Waals surface area contributed by atoms with Crippen LogP contribution in [0.5, 0.6) is 0 Å². The molecule has 0 radical (unpaired) electrons. The molecule has 0 saturated heterocycles. The SMILES string of the molecule is Cc1cccc(-c2nc3ccccc3c3nnc(SCC(=O)NC(C)C)n23)c1. The lowest BCUT2D eigenvalue weighted by Gasteiger charge is -2.11. The summed E-state index contributed by atoms with van der Waals surface area (Å²) in [5.74, 6) is 1.02. The molecule has 0 saturated carbocycles. The monoisotopic (exact) mass is 391 g/mol. The maximum absolute atomic E-state index is 12.1. The highest BCUT2D eigenvalue weighted by Crippen LogP contribution is 2.29. The molecule has 0 bridgehead atoms. The number of thioether (sulfide) groups is 1. The van der Waals surface area contributed by atoms with Gasteiger partial charge in [-0.2, -0.15) is 0 Å². The van der Waals surface area contributed by atoms with E-state index in [1.807, 2.05) is 54.6 Å². The molecule has 0 aliphatic heterocycles. The van der Waals surface area contributed by atoms with Crippen LogP contribution in [0, 0.1) is 6.92 Å². The molecule has 1 amide bonds. The summed E-state index contributed by atoms with van der Waals surface area (Å²) in [5, 5.41) is 13.3. The van der Waals surface area contributed by atoms with Crippen molar-refractivity contribution in [1.82, 2.24) is 24.9 Å². The zero-order chi connectivity index (χ0) is 19.7. The van der Waals surface area contributed by atoms with Gasteiger partial charge in [0.15, 0.2) is 10.8 Å². The largest absolute Gasteiger partial charge is 0.353 e. The van der Waals surface area contributed by atoms with E-state index in [1.54, 1.807) is 0 Å². The van der Waals surface area contributed by atoms with Crippen LogP contribution in [-0.2, 0) is 4.79 Å². The molecule has 0 aliphatic carbocycles. The molecular weight excluding hydrogens is 370 g/mol. The summed E-state index contributed by atoms with van der Waals surface area (Å²) in [4.78, 5) is 17.0. The number of para-hydroxylation sites is 1. The van der Waals surface area contributed by atoms with E-state index in [-0.39, 0.29) is 17.7 Å². The van der Waals surface area contributed by atoms with Crippen LogP contribution >= 0.6 is 11.8 Å². The Kier molecular flexibility index (Phi) is 5.00. The first-order chi connectivity index (χ1) is 13.5. The third-order valence-electron chi connectivity index (χ3n) is 4.27. The molecule has 0 aliphatic rings. The first-order valence-electron chi connectivity index (χ1n) is 9.16. The Morgan fingerprint density at radius 2 is 1.96 bits per heavy atom. The van der Waals surface area contributed by atoms with E-state index in [2.05, 4.69) is 34.6 Å². The number of aromatic nitrogens is 4. The molecule has 6 nitrogen and oxygen atoms in total. The number of amides is 1. The number of nitrogens with zero attached hydrogens (tertiary/aromatic N) is 4. The number of hydrogen-bond acceptors (Lipinski definition) is 5. The minimum atomic E-state index is -0.0254. The number of carbonyl (C=O) groups excluding carboxylic acids is 1. The van der Waals surface area contributed by atoms with Crippen molar-refractivity contribution in [3.05, 3.63) is 54.1 Å². The highest BCUT2D eigenvalue weighted by molar-refractivity contribution is 7.99. The van der Waals surface area contributed by atoms with Crippen molar-refractivity contribution in [3.8, 4) is 11.4 Å². The van der Waals surface area contributed by atoms with E-state index in [1.165, 1.54) is 11.8 Å². The van der Waals surface area contributed by atoms with Gasteiger partial charge in [-0.05, 0) is 39.0 Å². The van der Waals surface area contributed by atoms with Crippen LogP contribution in [0.1, 0.15) is 19.4 Å². The Hall–Kier alpha value is -2.93. The van der Waals surface area contributed by atoms with Crippen molar-refractivity contribution in [2.45, 2.75) is 32.0 Å². The summed E-state index contributed by atoms with van der Waals surface area (Å²) in [5.41, 5.74) is 3.75. The van der Waals surface area contributed by atoms with Gasteiger partial charge in [0, 0.05) is 17.0 Å². The second-order valence-electron chi connectivity index (χ2n) is 6.97. The molecule has 2 aromatic carbocycles. The van der Waals surface area contributed by atoms with Crippen LogP contribution < -0.4 is 5.32 Å². The average molecular weight is 392 g/mol. The summed E-state index contributed by atoms with van der Waals surface area (Å²) in [7, 11) is 0. The Balaban J connectivity index is 1.85. The predicted octanol–water partition coefficient (Wildman–Crippen LogP) is 3.87. The van der Waals surface area contributed by atoms with Gasteiger partial charge in [-0.15, -0.1) is 10.2 Å². The molecule has 0 spiro atoms. The Morgan fingerprint density at radius 1 is 1.14 bits per heavy atom. The molecule has 28 heavy (non-hydrogen) atoms. The number of nitrogens with one attached hydrogen (secondary N) is 1. The minimum Gasteiger partial charge on any atom is -0.353 e. The molecule has 4 rings (SSSR count). The molecule has 4 aromatic rings. The maximum atomic E-state index is 12.1. The summed E-state index contributed by atoms with van der Waals surface area (Å²) < 4.78 is 1.95. The quantitative estimate of drug-likeness (QED) is 0.523. The topological polar surface area (TPSA) is 72.2 Å². The van der Waals surface area contributed by atoms with Gasteiger partial charge < -0.3 is 5.32 Å². The van der Waals surface area contributed by atoms with E-state index in [9.17, 15) is 4.79 Å². The van der Waals surface area contributed by atoms with Crippen LogP contribution in [0.3, 0.4) is 0 Å². The molecule has 7 heteroatoms. The van der Waals surface area contributed by atoms with Crippen molar-refractivity contribution < 1.29 is 4.79 Å². The number of hydrogen-bond donors (Lipinski definition) is 1. The fourth-order valence-electron chi connectivity index (χ4n) is 3.12. The lowest BCUT2D eigenvalue weighted by Crippen LogP contribution is -2.31. The standard InChI is InChI=1S/C21H21N5OS/c1-13(2)22-18(27)12-28-21-25-24-20-16-9-4-5-10-17(16)23-19(26(20)21)15-8-6-7-14(3)11-15/h4-11,13H,12H2,1-3H3,(H,22,27). The zero-order valence-corrected chi connectivity index (χ0v) is 16.8. The van der Waals surface area contributed by atoms with Crippen molar-refractivity contribution in [2.75, 3.05) is 5.75 Å². The normalized spacial score (nSPS) is 11.4. The maximum Gasteiger partial charge on any atom is 0.230 e. The summed E-state index contributed by atoms with van der Waals surface area (Å²) in [6, 6.07) is 16.2. The summed E-state index contributed by atoms with van der Waals surface area (Å²) in [6.45, 7) is 5.95. The van der Waals surface area contributed by atoms with Crippen molar-refractivity contribution >= 4 is 34.2 Å². The van der Waals surface area contributed by atoms with Gasteiger partial charge in [0.25, 0.3) is 0 Å². The van der Waals surface area contributed by atoms with Gasteiger partial charge >= 0.3 is 0 Å². The van der Waals surface area contributed by atoms with Gasteiger partial charge in [0.2, 0.25) is 5.91 Å². The number of rotatable bonds is 5. The highest BCUT2D eigenvalue weighted by atomic mass is 32.2. The Bertz CT molecular complexity index is 1170. The van der Waals surface area contributed by atoms with Gasteiger partial charge in [-0.25, -0.2) is 4.98 Å². The fourth-order valence-corrected chi connectivity index (χ4v) is 3.87. The second kappa shape index (κ2) is 7.59. The van der Waals surface area contributed by atoms with E-state index < -0.39 is 0 Å². The molecule has 0 atom stereocenters. The summed E-state index contributed by atoms with van der Waals surface area (Å²) in [6.07, 6.45) is 0. The Labute approximate surface area is 167 Å². The number of fused-ring (bicyclic) bond motifs is 3. The van der Waals surface area contributed by atoms with Gasteiger partial charge in [0.05, 0.1) is 11.3 Å². The van der Waals surface area contributed by atoms with E-state index in [4.69, 9.17) is 4.98 Å². The molecule has 1 N–H and O–H groups in total. The lowest BCUT2D eigenvalue weighted by molar-refractivity contribution is -0.119. The third-order valence-corrected chi connectivity index (χ3v) is 5.20. The molecule has 2 aromatic heterocycles. The van der Waals surface area contributed by atoms with Crippen LogP contribution in [0.4, 0.5) is 0 Å². The third kappa shape index (κ3) is 3.57. The first kappa shape index (κ1) is 18.4. The van der Waals surface area contributed by atoms with Gasteiger partial charge in [0.1, 0.15) is 5.82 Å². The van der Waals surface area contributed by atoms with Crippen LogP contribution in [0.25, 0.3) is 27.9 Å². The van der Waals surface area contributed by atoms with Crippen molar-refractivity contribution in [2.24, 2.45) is 0 Å². The van der Waals surface area contributed by atoms with Crippen LogP contribution in [0.15, 0.2) is 53.7 Å². The van der Waals surface area contributed by atoms with Crippen LogP contribution in [-0.4, -0.2) is 37.3 Å². The molecular formula is C21H21N5OS. The second-order valence-corrected chi connectivity index (χ2v) is 7.92. The number of benzene rings is 2. The number of aryl methyl sites for hydroxylation is 1. The predicted molar refractivity (Wildman–Crippen MR) is 112 cm³/mol. The first-order valence-corrected chi connectivity index (χ1v) is 10.1. The molecule has 2 heterocycles. The average Bonchev–Trinajstić information content (AvgIpc) is 3.09. The molecule has 142 valence electrons. The van der Waals surface area contributed by atoms with Crippen molar-refractivity contribution in [1.29, 1.82) is 0 Å². The van der Waals surface area contributed by atoms with Gasteiger partial charge in [-0.3, -0.25) is 9.20 Å². The van der Waals surface area contributed by atoms with E-state index >= 15 is 0 Å².